The molecule has 2 saturated carbocycles. The summed E-state index contributed by atoms with van der Waals surface area (Å²) in [5.41, 5.74) is -2.12. The Bertz CT molecular complexity index is 1010. The Balaban J connectivity index is 2.03. The van der Waals surface area contributed by atoms with Crippen molar-refractivity contribution in [2.75, 3.05) is 19.4 Å². The average molecular weight is 407 g/mol. The van der Waals surface area contributed by atoms with Crippen LogP contribution in [0.3, 0.4) is 0 Å². The molecule has 0 saturated heterocycles. The first-order valence-corrected chi connectivity index (χ1v) is 10.6. The third-order valence-electron chi connectivity index (χ3n) is 7.16. The second kappa shape index (κ2) is 5.97. The number of anilines is 1. The van der Waals surface area contributed by atoms with Gasteiger partial charge in [-0.1, -0.05) is 26.8 Å². The number of fused-ring (bicyclic) bond motifs is 2. The van der Waals surface area contributed by atoms with Crippen LogP contribution in [-0.2, 0) is 24.4 Å². The zero-order chi connectivity index (χ0) is 21.3. The van der Waals surface area contributed by atoms with E-state index in [1.54, 1.807) is 33.8 Å². The van der Waals surface area contributed by atoms with Gasteiger partial charge in [-0.2, -0.15) is 0 Å². The second-order valence-corrected chi connectivity index (χ2v) is 10.9. The molecule has 2 bridgehead atoms. The highest BCUT2D eigenvalue weighted by molar-refractivity contribution is 7.89. The number of carbonyl (C=O) groups is 3. The van der Waals surface area contributed by atoms with Crippen LogP contribution in [-0.4, -0.2) is 44.3 Å². The average Bonchev–Trinajstić information content (AvgIpc) is 2.88. The van der Waals surface area contributed by atoms with E-state index in [9.17, 15) is 22.8 Å². The first-order valence-electron chi connectivity index (χ1n) is 9.17. The highest BCUT2D eigenvalue weighted by atomic mass is 32.2. The summed E-state index contributed by atoms with van der Waals surface area (Å²) in [7, 11) is -0.819. The van der Waals surface area contributed by atoms with E-state index >= 15 is 0 Å². The Kier molecular flexibility index (Phi) is 4.41. The van der Waals surface area contributed by atoms with E-state index < -0.39 is 43.7 Å². The Morgan fingerprint density at radius 3 is 2.18 bits per heavy atom. The van der Waals surface area contributed by atoms with E-state index in [0.717, 1.165) is 4.31 Å². The molecule has 1 aromatic rings. The fourth-order valence-corrected chi connectivity index (χ4v) is 5.54. The largest absolute Gasteiger partial charge is 0.325 e. The maximum absolute atomic E-state index is 13.3. The third-order valence-corrected chi connectivity index (χ3v) is 8.98. The third kappa shape index (κ3) is 2.30. The predicted octanol–water partition coefficient (Wildman–Crippen LogP) is 2.15. The number of nitrogens with zero attached hydrogens (tertiary/aromatic N) is 1. The van der Waals surface area contributed by atoms with Crippen molar-refractivity contribution in [3.8, 4) is 0 Å². The summed E-state index contributed by atoms with van der Waals surface area (Å²) in [5, 5.41) is 2.75. The van der Waals surface area contributed by atoms with Crippen LogP contribution in [0.4, 0.5) is 5.69 Å². The maximum atomic E-state index is 13.3. The molecular formula is C20H26N2O5S. The lowest BCUT2D eigenvalue weighted by molar-refractivity contribution is -0.147. The molecule has 0 aliphatic heterocycles. The number of rotatable bonds is 4. The summed E-state index contributed by atoms with van der Waals surface area (Å²) in [6.07, 6.45) is 0.785. The number of hydrogen-bond acceptors (Lipinski definition) is 5. The molecule has 28 heavy (non-hydrogen) atoms. The number of aryl methyl sites for hydroxylation is 1. The van der Waals surface area contributed by atoms with Crippen molar-refractivity contribution in [3.63, 3.8) is 0 Å². The molecule has 0 spiro atoms. The van der Waals surface area contributed by atoms with Gasteiger partial charge in [0, 0.05) is 25.2 Å². The highest BCUT2D eigenvalue weighted by Crippen LogP contribution is 2.69. The fraction of sp³-hybridized carbons (Fsp3) is 0.550. The summed E-state index contributed by atoms with van der Waals surface area (Å²) in [4.78, 5) is 38.8. The minimum atomic E-state index is -3.67. The molecule has 8 heteroatoms. The minimum absolute atomic E-state index is 0.0419. The van der Waals surface area contributed by atoms with Crippen molar-refractivity contribution in [2.45, 2.75) is 45.4 Å². The first kappa shape index (κ1) is 20.7. The van der Waals surface area contributed by atoms with E-state index in [0.29, 0.717) is 24.1 Å². The lowest BCUT2D eigenvalue weighted by Crippen LogP contribution is -2.47. The van der Waals surface area contributed by atoms with Crippen LogP contribution in [0.5, 0.6) is 0 Å². The number of amides is 1. The Labute approximate surface area is 165 Å². The van der Waals surface area contributed by atoms with Gasteiger partial charge < -0.3 is 5.32 Å². The van der Waals surface area contributed by atoms with Gasteiger partial charge in [-0.3, -0.25) is 14.4 Å². The van der Waals surface area contributed by atoms with Crippen LogP contribution in [0, 0.1) is 23.2 Å². The zero-order valence-electron chi connectivity index (χ0n) is 17.0. The summed E-state index contributed by atoms with van der Waals surface area (Å²) >= 11 is 0. The molecule has 1 aromatic carbocycles. The molecule has 0 heterocycles. The van der Waals surface area contributed by atoms with Gasteiger partial charge in [0.25, 0.3) is 0 Å². The van der Waals surface area contributed by atoms with Crippen LogP contribution in [0.25, 0.3) is 0 Å². The van der Waals surface area contributed by atoms with Crippen molar-refractivity contribution >= 4 is 33.2 Å². The van der Waals surface area contributed by atoms with Crippen LogP contribution in [0.15, 0.2) is 23.1 Å². The second-order valence-electron chi connectivity index (χ2n) is 8.74. The Morgan fingerprint density at radius 1 is 1.07 bits per heavy atom. The molecule has 2 fully saturated rings. The van der Waals surface area contributed by atoms with E-state index in [1.807, 2.05) is 0 Å². The summed E-state index contributed by atoms with van der Waals surface area (Å²) < 4.78 is 25.9. The minimum Gasteiger partial charge on any atom is -0.325 e. The summed E-state index contributed by atoms with van der Waals surface area (Å²) in [6.45, 7) is 7.08. The number of nitrogens with one attached hydrogen (secondary N) is 1. The van der Waals surface area contributed by atoms with Gasteiger partial charge in [0.05, 0.1) is 4.90 Å². The summed E-state index contributed by atoms with van der Waals surface area (Å²) in [6, 6.07) is 4.47. The van der Waals surface area contributed by atoms with Crippen molar-refractivity contribution in [1.29, 1.82) is 0 Å². The van der Waals surface area contributed by atoms with Crippen LogP contribution < -0.4 is 5.32 Å². The molecule has 0 unspecified atom stereocenters. The van der Waals surface area contributed by atoms with Crippen molar-refractivity contribution in [3.05, 3.63) is 23.8 Å². The topological polar surface area (TPSA) is 101 Å². The van der Waals surface area contributed by atoms with Crippen LogP contribution in [0.1, 0.15) is 39.2 Å². The van der Waals surface area contributed by atoms with E-state index in [-0.39, 0.29) is 4.90 Å². The molecule has 2 atom stereocenters. The number of benzene rings is 1. The fourth-order valence-electron chi connectivity index (χ4n) is 4.61. The van der Waals surface area contributed by atoms with Gasteiger partial charge in [-0.15, -0.1) is 0 Å². The number of hydrogen-bond donors (Lipinski definition) is 1. The number of Topliss-reactive ketones (excluding diaryl/α,β-unsaturated/α-hetero) is 2. The van der Waals surface area contributed by atoms with Gasteiger partial charge in [0.1, 0.15) is 5.41 Å². The maximum Gasteiger partial charge on any atom is 0.242 e. The zero-order valence-corrected chi connectivity index (χ0v) is 17.9. The van der Waals surface area contributed by atoms with Gasteiger partial charge in [-0.05, 0) is 42.9 Å². The lowest BCUT2D eigenvalue weighted by atomic mass is 9.64. The Morgan fingerprint density at radius 2 is 1.68 bits per heavy atom. The van der Waals surface area contributed by atoms with Crippen molar-refractivity contribution in [2.24, 2.45) is 16.2 Å². The number of ketones is 2. The molecule has 3 rings (SSSR count). The molecule has 2 aliphatic rings. The van der Waals surface area contributed by atoms with E-state index in [1.165, 1.54) is 26.2 Å². The predicted molar refractivity (Wildman–Crippen MR) is 104 cm³/mol. The van der Waals surface area contributed by atoms with Crippen molar-refractivity contribution in [1.82, 2.24) is 4.31 Å². The standard InChI is InChI=1S/C20H26N2O5S/c1-12-7-8-13(28(26,27)22(5)6)11-14(12)21-17(25)20-10-9-19(4,18(20,2)3)15(23)16(20)24/h7-8,11H,9-10H2,1-6H3,(H,21,25)/t19-,20+/m0/s1. The molecule has 2 aliphatic carbocycles. The monoisotopic (exact) mass is 406 g/mol. The number of carbonyl (C=O) groups excluding carboxylic acids is 3. The highest BCUT2D eigenvalue weighted by Gasteiger charge is 2.77. The van der Waals surface area contributed by atoms with E-state index in [2.05, 4.69) is 5.32 Å². The molecule has 7 nitrogen and oxygen atoms in total. The first-order chi connectivity index (χ1) is 12.7. The van der Waals surface area contributed by atoms with E-state index in [4.69, 9.17) is 0 Å². The quantitative estimate of drug-likeness (QED) is 0.610. The normalized spacial score (nSPS) is 28.8. The van der Waals surface area contributed by atoms with Crippen molar-refractivity contribution < 1.29 is 22.8 Å². The number of sulfonamides is 1. The molecule has 0 radical (unpaired) electrons. The van der Waals surface area contributed by atoms with Gasteiger partial charge in [-0.25, -0.2) is 12.7 Å². The van der Waals surface area contributed by atoms with Gasteiger partial charge >= 0.3 is 0 Å². The Hall–Kier alpha value is -2.06. The molecule has 152 valence electrons. The van der Waals surface area contributed by atoms with Gasteiger partial charge in [0.2, 0.25) is 27.5 Å². The molecule has 1 amide bonds. The lowest BCUT2D eigenvalue weighted by Gasteiger charge is -2.37. The summed E-state index contributed by atoms with van der Waals surface area (Å²) in [5.74, 6) is -1.67. The molecule has 1 N–H and O–H groups in total. The SMILES string of the molecule is Cc1ccc(S(=O)(=O)N(C)C)cc1NC(=O)[C@@]12CC[C@@](C)(C(=O)C1=O)C2(C)C. The van der Waals surface area contributed by atoms with Crippen LogP contribution in [0.2, 0.25) is 0 Å². The molecule has 0 aromatic heterocycles. The van der Waals surface area contributed by atoms with Gasteiger partial charge in [0.15, 0.2) is 0 Å². The van der Waals surface area contributed by atoms with Crippen LogP contribution >= 0.6 is 0 Å². The molecular weight excluding hydrogens is 380 g/mol. The smallest absolute Gasteiger partial charge is 0.242 e.